The number of carbonyl (C=O) groups excluding carboxylic acids is 1. The van der Waals surface area contributed by atoms with E-state index in [1.54, 1.807) is 0 Å². The Morgan fingerprint density at radius 3 is 2.38 bits per heavy atom. The fraction of sp³-hybridized carbons (Fsp3) is 0.923. The van der Waals surface area contributed by atoms with Crippen LogP contribution in [0.3, 0.4) is 0 Å². The van der Waals surface area contributed by atoms with Gasteiger partial charge in [-0.3, -0.25) is 0 Å². The van der Waals surface area contributed by atoms with Crippen LogP contribution in [0.4, 0.5) is 4.79 Å². The summed E-state index contributed by atoms with van der Waals surface area (Å²) in [5.74, 6) is 0. The minimum absolute atomic E-state index is 0.0782. The van der Waals surface area contributed by atoms with Gasteiger partial charge in [-0.05, 0) is 32.1 Å². The van der Waals surface area contributed by atoms with Gasteiger partial charge in [-0.2, -0.15) is 0 Å². The van der Waals surface area contributed by atoms with E-state index < -0.39 is 0 Å². The number of rotatable bonds is 4. The lowest BCUT2D eigenvalue weighted by Gasteiger charge is -2.46. The van der Waals surface area contributed by atoms with Gasteiger partial charge in [0, 0.05) is 12.1 Å². The van der Waals surface area contributed by atoms with Gasteiger partial charge in [-0.25, -0.2) is 4.79 Å². The minimum atomic E-state index is -0.137. The number of amides is 1. The molecule has 0 N–H and O–H groups in total. The molecule has 0 aromatic heterocycles. The fourth-order valence-corrected chi connectivity index (χ4v) is 3.07. The first kappa shape index (κ1) is 13.3. The van der Waals surface area contributed by atoms with Crippen molar-refractivity contribution in [3.8, 4) is 0 Å². The third-order valence-electron chi connectivity index (χ3n) is 3.67. The number of nitrogens with zero attached hydrogens (tertiary/aromatic N) is 1. The van der Waals surface area contributed by atoms with E-state index in [4.69, 9.17) is 4.74 Å². The van der Waals surface area contributed by atoms with Crippen LogP contribution in [0.15, 0.2) is 0 Å². The molecule has 1 heterocycles. The van der Waals surface area contributed by atoms with Crippen LogP contribution in [0.25, 0.3) is 0 Å². The average Bonchev–Trinajstić information content (AvgIpc) is 2.29. The van der Waals surface area contributed by atoms with E-state index in [0.717, 1.165) is 45.1 Å². The SMILES string of the molecule is CCCC1(CCC)CCCCN1C(=O)OC. The zero-order chi connectivity index (χ0) is 12.0. The molecule has 94 valence electrons. The maximum absolute atomic E-state index is 11.8. The van der Waals surface area contributed by atoms with Crippen molar-refractivity contribution in [1.82, 2.24) is 4.90 Å². The quantitative estimate of drug-likeness (QED) is 0.734. The molecule has 1 amide bonds. The van der Waals surface area contributed by atoms with Crippen molar-refractivity contribution in [1.29, 1.82) is 0 Å². The molecule has 0 bridgehead atoms. The van der Waals surface area contributed by atoms with Gasteiger partial charge in [0.2, 0.25) is 0 Å². The van der Waals surface area contributed by atoms with Gasteiger partial charge in [0.25, 0.3) is 0 Å². The van der Waals surface area contributed by atoms with Gasteiger partial charge in [-0.15, -0.1) is 0 Å². The summed E-state index contributed by atoms with van der Waals surface area (Å²) >= 11 is 0. The van der Waals surface area contributed by atoms with E-state index in [0.29, 0.717) is 0 Å². The minimum Gasteiger partial charge on any atom is -0.453 e. The second kappa shape index (κ2) is 6.12. The van der Waals surface area contributed by atoms with Crippen LogP contribution >= 0.6 is 0 Å². The molecule has 0 spiro atoms. The summed E-state index contributed by atoms with van der Waals surface area (Å²) in [4.78, 5) is 13.8. The zero-order valence-corrected chi connectivity index (χ0v) is 10.9. The molecule has 0 unspecified atom stereocenters. The molecule has 0 aromatic rings. The third kappa shape index (κ3) is 2.69. The van der Waals surface area contributed by atoms with Crippen LogP contribution < -0.4 is 0 Å². The first-order chi connectivity index (χ1) is 7.70. The Balaban J connectivity index is 2.85. The first-order valence-corrected chi connectivity index (χ1v) is 6.55. The number of hydrogen-bond acceptors (Lipinski definition) is 2. The van der Waals surface area contributed by atoms with Gasteiger partial charge >= 0.3 is 6.09 Å². The second-order valence-corrected chi connectivity index (χ2v) is 4.80. The molecule has 0 atom stereocenters. The summed E-state index contributed by atoms with van der Waals surface area (Å²) in [5, 5.41) is 0. The molecular weight excluding hydrogens is 202 g/mol. The Labute approximate surface area is 99.1 Å². The summed E-state index contributed by atoms with van der Waals surface area (Å²) in [6, 6.07) is 0. The summed E-state index contributed by atoms with van der Waals surface area (Å²) in [6.45, 7) is 5.26. The average molecular weight is 227 g/mol. The molecular formula is C13H25NO2. The molecule has 0 radical (unpaired) electrons. The van der Waals surface area contributed by atoms with Crippen molar-refractivity contribution in [2.45, 2.75) is 64.3 Å². The summed E-state index contributed by atoms with van der Waals surface area (Å²) < 4.78 is 4.92. The number of carbonyl (C=O) groups is 1. The van der Waals surface area contributed by atoms with Crippen LogP contribution in [0.5, 0.6) is 0 Å². The Morgan fingerprint density at radius 2 is 1.88 bits per heavy atom. The number of ether oxygens (including phenoxy) is 1. The van der Waals surface area contributed by atoms with E-state index in [9.17, 15) is 4.79 Å². The van der Waals surface area contributed by atoms with E-state index in [1.165, 1.54) is 13.5 Å². The number of likely N-dealkylation sites (tertiary alicyclic amines) is 1. The highest BCUT2D eigenvalue weighted by molar-refractivity contribution is 5.68. The van der Waals surface area contributed by atoms with Gasteiger partial charge in [0.15, 0.2) is 0 Å². The predicted octanol–water partition coefficient (Wildman–Crippen LogP) is 3.58. The summed E-state index contributed by atoms with van der Waals surface area (Å²) in [5.41, 5.74) is 0.0782. The van der Waals surface area contributed by atoms with Crippen molar-refractivity contribution in [3.63, 3.8) is 0 Å². The van der Waals surface area contributed by atoms with Gasteiger partial charge in [-0.1, -0.05) is 26.7 Å². The monoisotopic (exact) mass is 227 g/mol. The van der Waals surface area contributed by atoms with Crippen molar-refractivity contribution in [3.05, 3.63) is 0 Å². The lowest BCUT2D eigenvalue weighted by atomic mass is 9.79. The Kier molecular flexibility index (Phi) is 5.10. The predicted molar refractivity (Wildman–Crippen MR) is 65.5 cm³/mol. The van der Waals surface area contributed by atoms with Crippen LogP contribution in [0.1, 0.15) is 58.8 Å². The summed E-state index contributed by atoms with van der Waals surface area (Å²) in [6.07, 6.45) is 7.84. The summed E-state index contributed by atoms with van der Waals surface area (Å²) in [7, 11) is 1.49. The van der Waals surface area contributed by atoms with Crippen LogP contribution in [0, 0.1) is 0 Å². The van der Waals surface area contributed by atoms with E-state index in [2.05, 4.69) is 13.8 Å². The largest absolute Gasteiger partial charge is 0.453 e. The zero-order valence-electron chi connectivity index (χ0n) is 10.9. The smallest absolute Gasteiger partial charge is 0.409 e. The molecule has 0 aliphatic carbocycles. The fourth-order valence-electron chi connectivity index (χ4n) is 3.07. The Hall–Kier alpha value is -0.730. The number of piperidine rings is 1. The highest BCUT2D eigenvalue weighted by atomic mass is 16.5. The molecule has 3 nitrogen and oxygen atoms in total. The first-order valence-electron chi connectivity index (χ1n) is 6.55. The third-order valence-corrected chi connectivity index (χ3v) is 3.67. The van der Waals surface area contributed by atoms with Gasteiger partial charge in [0.05, 0.1) is 7.11 Å². The maximum atomic E-state index is 11.8. The van der Waals surface area contributed by atoms with E-state index in [1.807, 2.05) is 4.90 Å². The van der Waals surface area contributed by atoms with E-state index >= 15 is 0 Å². The molecule has 3 heteroatoms. The highest BCUT2D eigenvalue weighted by Gasteiger charge is 2.40. The molecule has 1 aliphatic rings. The maximum Gasteiger partial charge on any atom is 0.409 e. The Bertz CT molecular complexity index is 216. The van der Waals surface area contributed by atoms with Crippen LogP contribution in [-0.4, -0.2) is 30.2 Å². The topological polar surface area (TPSA) is 29.5 Å². The standard InChI is InChI=1S/C13H25NO2/c1-4-8-13(9-5-2)10-6-7-11-14(13)12(15)16-3/h4-11H2,1-3H3. The highest BCUT2D eigenvalue weighted by Crippen LogP contribution is 2.36. The van der Waals surface area contributed by atoms with Crippen LogP contribution in [0.2, 0.25) is 0 Å². The molecule has 1 rings (SSSR count). The number of hydrogen-bond donors (Lipinski definition) is 0. The van der Waals surface area contributed by atoms with Crippen LogP contribution in [-0.2, 0) is 4.74 Å². The second-order valence-electron chi connectivity index (χ2n) is 4.80. The van der Waals surface area contributed by atoms with E-state index in [-0.39, 0.29) is 11.6 Å². The van der Waals surface area contributed by atoms with Crippen molar-refractivity contribution < 1.29 is 9.53 Å². The Morgan fingerprint density at radius 1 is 1.25 bits per heavy atom. The number of methoxy groups -OCH3 is 1. The molecule has 1 aliphatic heterocycles. The lowest BCUT2D eigenvalue weighted by Crippen LogP contribution is -2.54. The molecule has 16 heavy (non-hydrogen) atoms. The molecule has 1 saturated heterocycles. The molecule has 1 fully saturated rings. The molecule has 0 saturated carbocycles. The van der Waals surface area contributed by atoms with Crippen molar-refractivity contribution >= 4 is 6.09 Å². The van der Waals surface area contributed by atoms with Crippen molar-refractivity contribution in [2.24, 2.45) is 0 Å². The van der Waals surface area contributed by atoms with Gasteiger partial charge < -0.3 is 9.64 Å². The van der Waals surface area contributed by atoms with Gasteiger partial charge in [0.1, 0.15) is 0 Å². The lowest BCUT2D eigenvalue weighted by molar-refractivity contribution is 0.0254. The molecule has 0 aromatic carbocycles. The van der Waals surface area contributed by atoms with Crippen molar-refractivity contribution in [2.75, 3.05) is 13.7 Å². The normalized spacial score (nSPS) is 19.6.